The van der Waals surface area contributed by atoms with E-state index in [0.29, 0.717) is 0 Å². The Morgan fingerprint density at radius 2 is 1.69 bits per heavy atom. The van der Waals surface area contributed by atoms with Crippen molar-refractivity contribution in [1.29, 1.82) is 0 Å². The van der Waals surface area contributed by atoms with Crippen LogP contribution in [0.5, 0.6) is 0 Å². The molecule has 0 atom stereocenters. The van der Waals surface area contributed by atoms with E-state index in [2.05, 4.69) is 0 Å². The summed E-state index contributed by atoms with van der Waals surface area (Å²) in [4.78, 5) is 10.6. The van der Waals surface area contributed by atoms with Gasteiger partial charge in [0.2, 0.25) is 0 Å². The molecule has 1 rings (SSSR count). The van der Waals surface area contributed by atoms with Gasteiger partial charge in [0.05, 0.1) is 4.87 Å². The number of halogens is 1. The molecular formula is C11H13ClO. The molecule has 0 spiro atoms. The van der Waals surface area contributed by atoms with Crippen LogP contribution in [-0.2, 0) is 4.87 Å². The van der Waals surface area contributed by atoms with Gasteiger partial charge in [0.15, 0.2) is 5.78 Å². The van der Waals surface area contributed by atoms with Crippen molar-refractivity contribution in [1.82, 2.24) is 0 Å². The van der Waals surface area contributed by atoms with Crippen LogP contribution >= 0.6 is 11.6 Å². The highest BCUT2D eigenvalue weighted by Gasteiger charge is 2.15. The Morgan fingerprint density at radius 1 is 1.23 bits per heavy atom. The SMILES string of the molecule is CC(=O)c1ccc(C(C)(C)Cl)cc1. The lowest BCUT2D eigenvalue weighted by Gasteiger charge is -2.15. The summed E-state index contributed by atoms with van der Waals surface area (Å²) < 4.78 is 0. The molecule has 0 N–H and O–H groups in total. The summed E-state index contributed by atoms with van der Waals surface area (Å²) in [5, 5.41) is 0. The molecule has 0 unspecified atom stereocenters. The minimum atomic E-state index is -0.366. The Bertz CT molecular complexity index is 306. The number of rotatable bonds is 2. The summed E-state index contributed by atoms with van der Waals surface area (Å²) in [7, 11) is 0. The lowest BCUT2D eigenvalue weighted by atomic mass is 10.00. The second-order valence-corrected chi connectivity index (χ2v) is 4.55. The number of carbonyl (C=O) groups is 1. The Labute approximate surface area is 83.7 Å². The van der Waals surface area contributed by atoms with Gasteiger partial charge >= 0.3 is 0 Å². The van der Waals surface area contributed by atoms with Crippen molar-refractivity contribution >= 4 is 17.4 Å². The maximum Gasteiger partial charge on any atom is 0.159 e. The largest absolute Gasteiger partial charge is 0.295 e. The Hall–Kier alpha value is -0.820. The smallest absolute Gasteiger partial charge is 0.159 e. The van der Waals surface area contributed by atoms with Crippen molar-refractivity contribution in [2.45, 2.75) is 25.6 Å². The summed E-state index contributed by atoms with van der Waals surface area (Å²) in [6, 6.07) is 7.40. The van der Waals surface area contributed by atoms with Crippen LogP contribution < -0.4 is 0 Å². The fourth-order valence-corrected chi connectivity index (χ4v) is 1.23. The van der Waals surface area contributed by atoms with E-state index in [4.69, 9.17) is 11.6 Å². The Kier molecular flexibility index (Phi) is 2.77. The maximum absolute atomic E-state index is 11.0. The fraction of sp³-hybridized carbons (Fsp3) is 0.364. The summed E-state index contributed by atoms with van der Waals surface area (Å²) in [6.45, 7) is 5.41. The zero-order valence-corrected chi connectivity index (χ0v) is 8.85. The van der Waals surface area contributed by atoms with Crippen LogP contribution in [0.15, 0.2) is 24.3 Å². The van der Waals surface area contributed by atoms with Gasteiger partial charge in [-0.1, -0.05) is 24.3 Å². The quantitative estimate of drug-likeness (QED) is 0.524. The molecule has 0 radical (unpaired) electrons. The highest BCUT2D eigenvalue weighted by Crippen LogP contribution is 2.27. The standard InChI is InChI=1S/C11H13ClO/c1-8(13)9-4-6-10(7-5-9)11(2,3)12/h4-7H,1-3H3. The summed E-state index contributed by atoms with van der Waals surface area (Å²) in [5.41, 5.74) is 1.75. The van der Waals surface area contributed by atoms with Crippen LogP contribution in [0, 0.1) is 0 Å². The van der Waals surface area contributed by atoms with Gasteiger partial charge in [-0.05, 0) is 26.3 Å². The van der Waals surface area contributed by atoms with Gasteiger partial charge < -0.3 is 0 Å². The molecule has 0 heterocycles. The molecule has 1 aromatic rings. The van der Waals surface area contributed by atoms with Crippen molar-refractivity contribution in [2.24, 2.45) is 0 Å². The number of hydrogen-bond acceptors (Lipinski definition) is 1. The van der Waals surface area contributed by atoms with Gasteiger partial charge in [-0.3, -0.25) is 4.79 Å². The molecule has 0 saturated carbocycles. The predicted octanol–water partition coefficient (Wildman–Crippen LogP) is 3.36. The molecular weight excluding hydrogens is 184 g/mol. The number of Topliss-reactive ketones (excluding diaryl/α,β-unsaturated/α-hetero) is 1. The topological polar surface area (TPSA) is 17.1 Å². The Balaban J connectivity index is 3.01. The molecule has 13 heavy (non-hydrogen) atoms. The van der Waals surface area contributed by atoms with Gasteiger partial charge in [0.25, 0.3) is 0 Å². The fourth-order valence-electron chi connectivity index (χ4n) is 1.10. The van der Waals surface area contributed by atoms with Crippen LogP contribution in [0.2, 0.25) is 0 Å². The van der Waals surface area contributed by atoms with Crippen LogP contribution in [-0.4, -0.2) is 5.78 Å². The predicted molar refractivity (Wildman–Crippen MR) is 55.3 cm³/mol. The minimum Gasteiger partial charge on any atom is -0.295 e. The zero-order valence-electron chi connectivity index (χ0n) is 8.10. The summed E-state index contributed by atoms with van der Waals surface area (Å²) in [5.74, 6) is 0.0823. The molecule has 0 aliphatic heterocycles. The third-order valence-electron chi connectivity index (χ3n) is 1.98. The zero-order chi connectivity index (χ0) is 10.1. The number of ketones is 1. The van der Waals surface area contributed by atoms with Gasteiger partial charge in [-0.2, -0.15) is 0 Å². The van der Waals surface area contributed by atoms with Crippen molar-refractivity contribution in [3.8, 4) is 0 Å². The third-order valence-corrected chi connectivity index (χ3v) is 2.20. The van der Waals surface area contributed by atoms with E-state index in [0.717, 1.165) is 11.1 Å². The number of carbonyl (C=O) groups excluding carboxylic acids is 1. The van der Waals surface area contributed by atoms with Gasteiger partial charge in [0, 0.05) is 5.56 Å². The third kappa shape index (κ3) is 2.56. The van der Waals surface area contributed by atoms with Gasteiger partial charge in [-0.15, -0.1) is 11.6 Å². The first-order valence-corrected chi connectivity index (χ1v) is 4.59. The van der Waals surface area contributed by atoms with Crippen molar-refractivity contribution in [3.05, 3.63) is 35.4 Å². The van der Waals surface area contributed by atoms with Crippen LogP contribution in [0.3, 0.4) is 0 Å². The van der Waals surface area contributed by atoms with Crippen molar-refractivity contribution in [3.63, 3.8) is 0 Å². The first-order valence-electron chi connectivity index (χ1n) is 4.21. The molecule has 0 aliphatic carbocycles. The van der Waals surface area contributed by atoms with E-state index in [9.17, 15) is 4.79 Å². The van der Waals surface area contributed by atoms with E-state index in [-0.39, 0.29) is 10.7 Å². The van der Waals surface area contributed by atoms with Crippen LogP contribution in [0.4, 0.5) is 0 Å². The average Bonchev–Trinajstić information content (AvgIpc) is 2.03. The lowest BCUT2D eigenvalue weighted by Crippen LogP contribution is -2.07. The molecule has 2 heteroatoms. The first kappa shape index (κ1) is 10.3. The highest BCUT2D eigenvalue weighted by molar-refractivity contribution is 6.23. The van der Waals surface area contributed by atoms with Gasteiger partial charge in [0.1, 0.15) is 0 Å². The minimum absolute atomic E-state index is 0.0823. The second-order valence-electron chi connectivity index (χ2n) is 3.61. The van der Waals surface area contributed by atoms with E-state index in [1.54, 1.807) is 6.92 Å². The molecule has 0 fully saturated rings. The van der Waals surface area contributed by atoms with E-state index in [1.807, 2.05) is 38.1 Å². The molecule has 1 nitrogen and oxygen atoms in total. The van der Waals surface area contributed by atoms with Crippen molar-refractivity contribution in [2.75, 3.05) is 0 Å². The summed E-state index contributed by atoms with van der Waals surface area (Å²) in [6.07, 6.45) is 0. The van der Waals surface area contributed by atoms with Gasteiger partial charge in [-0.25, -0.2) is 0 Å². The van der Waals surface area contributed by atoms with Crippen molar-refractivity contribution < 1.29 is 4.79 Å². The van der Waals surface area contributed by atoms with Crippen LogP contribution in [0.25, 0.3) is 0 Å². The normalized spacial score (nSPS) is 11.4. The Morgan fingerprint density at radius 3 is 2.00 bits per heavy atom. The molecule has 0 saturated heterocycles. The van der Waals surface area contributed by atoms with Crippen LogP contribution in [0.1, 0.15) is 36.7 Å². The lowest BCUT2D eigenvalue weighted by molar-refractivity contribution is 0.101. The summed E-state index contributed by atoms with van der Waals surface area (Å²) >= 11 is 6.11. The molecule has 70 valence electrons. The first-order chi connectivity index (χ1) is 5.91. The molecule has 0 aromatic heterocycles. The number of alkyl halides is 1. The highest BCUT2D eigenvalue weighted by atomic mass is 35.5. The number of hydrogen-bond donors (Lipinski definition) is 0. The molecule has 0 amide bonds. The monoisotopic (exact) mass is 196 g/mol. The molecule has 1 aromatic carbocycles. The molecule has 0 aliphatic rings. The van der Waals surface area contributed by atoms with E-state index < -0.39 is 0 Å². The van der Waals surface area contributed by atoms with E-state index in [1.165, 1.54) is 0 Å². The average molecular weight is 197 g/mol. The number of benzene rings is 1. The maximum atomic E-state index is 11.0. The van der Waals surface area contributed by atoms with E-state index >= 15 is 0 Å². The molecule has 0 bridgehead atoms. The second kappa shape index (κ2) is 3.51.